The molecule has 1 atom stereocenters. The van der Waals surface area contributed by atoms with E-state index in [2.05, 4.69) is 58.0 Å². The minimum absolute atomic E-state index is 0.0585. The summed E-state index contributed by atoms with van der Waals surface area (Å²) in [5, 5.41) is 0. The molecule has 132 valence electrons. The smallest absolute Gasteiger partial charge is 0.227 e. The van der Waals surface area contributed by atoms with Crippen molar-refractivity contribution < 1.29 is 9.53 Å². The lowest BCUT2D eigenvalue weighted by atomic mass is 9.96. The van der Waals surface area contributed by atoms with Crippen LogP contribution in [0.3, 0.4) is 0 Å². The molecule has 1 unspecified atom stereocenters. The first-order chi connectivity index (χ1) is 11.9. The average molecular weight is 337 g/mol. The SMILES string of the molecule is Cc1ccc(C)c(CC(=O)N2CC(c3ccccc3)OCC2(C)C)c1. The normalized spacial score (nSPS) is 19.7. The molecule has 0 spiro atoms. The molecule has 1 heterocycles. The zero-order valence-electron chi connectivity index (χ0n) is 15.6. The van der Waals surface area contributed by atoms with Gasteiger partial charge in [0.25, 0.3) is 0 Å². The highest BCUT2D eigenvalue weighted by atomic mass is 16.5. The minimum Gasteiger partial charge on any atom is -0.369 e. The van der Waals surface area contributed by atoms with Gasteiger partial charge in [0.15, 0.2) is 0 Å². The molecule has 3 rings (SSSR count). The number of hydrogen-bond acceptors (Lipinski definition) is 2. The third-order valence-corrected chi connectivity index (χ3v) is 5.04. The Hall–Kier alpha value is -2.13. The number of carbonyl (C=O) groups excluding carboxylic acids is 1. The van der Waals surface area contributed by atoms with Crippen LogP contribution in [0, 0.1) is 13.8 Å². The molecule has 0 bridgehead atoms. The lowest BCUT2D eigenvalue weighted by Gasteiger charge is -2.45. The number of rotatable bonds is 3. The molecular weight excluding hydrogens is 310 g/mol. The second-order valence-electron chi connectivity index (χ2n) is 7.63. The molecule has 2 aromatic carbocycles. The van der Waals surface area contributed by atoms with E-state index < -0.39 is 0 Å². The van der Waals surface area contributed by atoms with Gasteiger partial charge in [-0.3, -0.25) is 4.79 Å². The highest BCUT2D eigenvalue weighted by Crippen LogP contribution is 2.31. The number of nitrogens with zero attached hydrogens (tertiary/aromatic N) is 1. The summed E-state index contributed by atoms with van der Waals surface area (Å²) in [6.45, 7) is 9.44. The fraction of sp³-hybridized carbons (Fsp3) is 0.409. The van der Waals surface area contributed by atoms with Crippen molar-refractivity contribution in [3.63, 3.8) is 0 Å². The highest BCUT2D eigenvalue weighted by molar-refractivity contribution is 5.80. The van der Waals surface area contributed by atoms with E-state index in [0.717, 1.165) is 11.1 Å². The molecule has 0 aliphatic carbocycles. The third-order valence-electron chi connectivity index (χ3n) is 5.04. The van der Waals surface area contributed by atoms with Crippen molar-refractivity contribution >= 4 is 5.91 Å². The Morgan fingerprint density at radius 3 is 2.60 bits per heavy atom. The van der Waals surface area contributed by atoms with Gasteiger partial charge in [-0.2, -0.15) is 0 Å². The molecule has 0 N–H and O–H groups in total. The molecule has 0 aromatic heterocycles. The number of aryl methyl sites for hydroxylation is 2. The van der Waals surface area contributed by atoms with Crippen LogP contribution in [0.25, 0.3) is 0 Å². The van der Waals surface area contributed by atoms with Crippen LogP contribution < -0.4 is 0 Å². The van der Waals surface area contributed by atoms with E-state index in [1.165, 1.54) is 11.1 Å². The van der Waals surface area contributed by atoms with Gasteiger partial charge >= 0.3 is 0 Å². The molecule has 0 radical (unpaired) electrons. The van der Waals surface area contributed by atoms with Gasteiger partial charge in [-0.25, -0.2) is 0 Å². The summed E-state index contributed by atoms with van der Waals surface area (Å²) in [5.41, 5.74) is 4.31. The van der Waals surface area contributed by atoms with Gasteiger partial charge in [-0.05, 0) is 44.4 Å². The molecule has 1 aliphatic rings. The van der Waals surface area contributed by atoms with Gasteiger partial charge in [-0.1, -0.05) is 54.1 Å². The monoisotopic (exact) mass is 337 g/mol. The zero-order chi connectivity index (χ0) is 18.0. The van der Waals surface area contributed by atoms with E-state index in [-0.39, 0.29) is 17.6 Å². The van der Waals surface area contributed by atoms with Gasteiger partial charge in [0.2, 0.25) is 5.91 Å². The predicted octanol–water partition coefficient (Wildman–Crippen LogP) is 4.22. The summed E-state index contributed by atoms with van der Waals surface area (Å²) in [5.74, 6) is 0.169. The minimum atomic E-state index is -0.292. The number of hydrogen-bond donors (Lipinski definition) is 0. The molecule has 2 aromatic rings. The molecule has 0 saturated carbocycles. The summed E-state index contributed by atoms with van der Waals surface area (Å²) in [6.07, 6.45) is 0.384. The van der Waals surface area contributed by atoms with E-state index >= 15 is 0 Å². The molecule has 1 fully saturated rings. The highest BCUT2D eigenvalue weighted by Gasteiger charge is 2.38. The van der Waals surface area contributed by atoms with Crippen molar-refractivity contribution in [2.24, 2.45) is 0 Å². The van der Waals surface area contributed by atoms with E-state index in [9.17, 15) is 4.79 Å². The quantitative estimate of drug-likeness (QED) is 0.839. The third kappa shape index (κ3) is 3.93. The number of benzene rings is 2. The molecule has 3 nitrogen and oxygen atoms in total. The Labute approximate surface area is 150 Å². The molecule has 3 heteroatoms. The summed E-state index contributed by atoms with van der Waals surface area (Å²) in [6, 6.07) is 16.5. The topological polar surface area (TPSA) is 29.5 Å². The van der Waals surface area contributed by atoms with Crippen LogP contribution >= 0.6 is 0 Å². The maximum atomic E-state index is 13.1. The first-order valence-electron chi connectivity index (χ1n) is 8.90. The maximum Gasteiger partial charge on any atom is 0.227 e. The summed E-state index contributed by atoms with van der Waals surface area (Å²) in [4.78, 5) is 15.1. The predicted molar refractivity (Wildman–Crippen MR) is 101 cm³/mol. The maximum absolute atomic E-state index is 13.1. The van der Waals surface area contributed by atoms with Crippen molar-refractivity contribution in [1.82, 2.24) is 4.90 Å². The lowest BCUT2D eigenvalue weighted by Crippen LogP contribution is -2.56. The Kier molecular flexibility index (Phi) is 4.96. The van der Waals surface area contributed by atoms with Gasteiger partial charge in [0, 0.05) is 0 Å². The first-order valence-corrected chi connectivity index (χ1v) is 8.90. The van der Waals surface area contributed by atoms with Crippen LogP contribution in [-0.2, 0) is 16.0 Å². The second-order valence-corrected chi connectivity index (χ2v) is 7.63. The first kappa shape index (κ1) is 17.7. The van der Waals surface area contributed by atoms with Crippen LogP contribution in [0.15, 0.2) is 48.5 Å². The molecule has 1 amide bonds. The largest absolute Gasteiger partial charge is 0.369 e. The Morgan fingerprint density at radius 1 is 1.16 bits per heavy atom. The van der Waals surface area contributed by atoms with E-state index in [4.69, 9.17) is 4.74 Å². The second kappa shape index (κ2) is 7.01. The van der Waals surface area contributed by atoms with Gasteiger partial charge in [0.05, 0.1) is 25.1 Å². The number of morpholine rings is 1. The van der Waals surface area contributed by atoms with E-state index in [1.54, 1.807) is 0 Å². The van der Waals surface area contributed by atoms with Crippen LogP contribution in [-0.4, -0.2) is 29.5 Å². The van der Waals surface area contributed by atoms with Gasteiger partial charge < -0.3 is 9.64 Å². The number of carbonyl (C=O) groups is 1. The number of ether oxygens (including phenoxy) is 1. The molecule has 25 heavy (non-hydrogen) atoms. The Bertz CT molecular complexity index is 752. The average Bonchev–Trinajstić information content (AvgIpc) is 2.58. The van der Waals surface area contributed by atoms with Crippen LogP contribution in [0.1, 0.15) is 42.2 Å². The van der Waals surface area contributed by atoms with E-state index in [0.29, 0.717) is 19.6 Å². The lowest BCUT2D eigenvalue weighted by molar-refractivity contribution is -0.154. The zero-order valence-corrected chi connectivity index (χ0v) is 15.6. The van der Waals surface area contributed by atoms with Crippen molar-refractivity contribution in [3.05, 3.63) is 70.8 Å². The fourth-order valence-corrected chi connectivity index (χ4v) is 3.41. The van der Waals surface area contributed by atoms with Crippen molar-refractivity contribution in [3.8, 4) is 0 Å². The Balaban J connectivity index is 1.80. The van der Waals surface area contributed by atoms with Crippen molar-refractivity contribution in [2.75, 3.05) is 13.2 Å². The standard InChI is InChI=1S/C22H27NO2/c1-16-10-11-17(2)19(12-16)13-21(24)23-14-20(25-15-22(23,3)4)18-8-6-5-7-9-18/h5-12,20H,13-15H2,1-4H3. The van der Waals surface area contributed by atoms with Gasteiger partial charge in [-0.15, -0.1) is 0 Å². The van der Waals surface area contributed by atoms with Crippen LogP contribution in [0.2, 0.25) is 0 Å². The Morgan fingerprint density at radius 2 is 1.88 bits per heavy atom. The van der Waals surface area contributed by atoms with Crippen LogP contribution in [0.4, 0.5) is 0 Å². The van der Waals surface area contributed by atoms with E-state index in [1.807, 2.05) is 23.1 Å². The van der Waals surface area contributed by atoms with Crippen molar-refractivity contribution in [1.29, 1.82) is 0 Å². The molecular formula is C22H27NO2. The fourth-order valence-electron chi connectivity index (χ4n) is 3.41. The number of amides is 1. The summed E-state index contributed by atoms with van der Waals surface area (Å²) < 4.78 is 6.06. The summed E-state index contributed by atoms with van der Waals surface area (Å²) in [7, 11) is 0. The van der Waals surface area contributed by atoms with Gasteiger partial charge in [0.1, 0.15) is 6.10 Å². The molecule has 1 saturated heterocycles. The van der Waals surface area contributed by atoms with Crippen LogP contribution in [0.5, 0.6) is 0 Å². The molecule has 1 aliphatic heterocycles. The summed E-state index contributed by atoms with van der Waals surface area (Å²) >= 11 is 0. The van der Waals surface area contributed by atoms with Crippen molar-refractivity contribution in [2.45, 2.75) is 45.8 Å².